The summed E-state index contributed by atoms with van der Waals surface area (Å²) >= 11 is 1.34. The van der Waals surface area contributed by atoms with Crippen molar-refractivity contribution in [2.75, 3.05) is 25.6 Å². The number of amidine groups is 1. The number of carbonyl (C=O) groups excluding carboxylic acids is 2. The number of hydrogen-bond acceptors (Lipinski definition) is 5. The van der Waals surface area contributed by atoms with Crippen molar-refractivity contribution < 1.29 is 14.3 Å². The number of methoxy groups -OCH3 is 1. The van der Waals surface area contributed by atoms with Crippen LogP contribution in [0, 0.1) is 20.8 Å². The Kier molecular flexibility index (Phi) is 7.29. The number of nitrogens with zero attached hydrogens (tertiary/aromatic N) is 2. The number of ether oxygens (including phenoxy) is 1. The lowest BCUT2D eigenvalue weighted by Crippen LogP contribution is -2.35. The molecule has 1 fully saturated rings. The Morgan fingerprint density at radius 2 is 1.77 bits per heavy atom. The van der Waals surface area contributed by atoms with E-state index in [1.807, 2.05) is 57.2 Å². The van der Waals surface area contributed by atoms with Gasteiger partial charge in [0.1, 0.15) is 5.25 Å². The number of nitrogens with one attached hydrogen (secondary N) is 1. The molecule has 158 valence electrons. The highest BCUT2D eigenvalue weighted by Crippen LogP contribution is 2.32. The van der Waals surface area contributed by atoms with Crippen LogP contribution in [0.15, 0.2) is 47.5 Å². The van der Waals surface area contributed by atoms with Crippen molar-refractivity contribution in [2.45, 2.75) is 32.4 Å². The molecule has 6 nitrogen and oxygen atoms in total. The molecule has 0 radical (unpaired) electrons. The number of aliphatic imine (C=N–C) groups is 1. The predicted octanol–water partition coefficient (Wildman–Crippen LogP) is 4.22. The van der Waals surface area contributed by atoms with E-state index >= 15 is 0 Å². The van der Waals surface area contributed by atoms with Crippen LogP contribution in [0.1, 0.15) is 23.1 Å². The van der Waals surface area contributed by atoms with Gasteiger partial charge in [0.25, 0.3) is 0 Å². The molecule has 1 atom stereocenters. The van der Waals surface area contributed by atoms with Gasteiger partial charge in [-0.15, -0.1) is 0 Å². The van der Waals surface area contributed by atoms with Gasteiger partial charge in [0.2, 0.25) is 11.8 Å². The van der Waals surface area contributed by atoms with Gasteiger partial charge < -0.3 is 10.1 Å². The molecule has 0 saturated carbocycles. The van der Waals surface area contributed by atoms with Gasteiger partial charge in [0.05, 0.1) is 18.8 Å². The predicted molar refractivity (Wildman–Crippen MR) is 122 cm³/mol. The van der Waals surface area contributed by atoms with Crippen molar-refractivity contribution in [3.05, 3.63) is 59.2 Å². The Bertz CT molecular complexity index is 936. The summed E-state index contributed by atoms with van der Waals surface area (Å²) in [5.41, 5.74) is 4.87. The number of carbonyl (C=O) groups is 2. The van der Waals surface area contributed by atoms with E-state index in [1.165, 1.54) is 11.8 Å². The molecule has 2 aromatic rings. The minimum atomic E-state index is -0.503. The van der Waals surface area contributed by atoms with Crippen LogP contribution >= 0.6 is 11.8 Å². The molecule has 30 heavy (non-hydrogen) atoms. The van der Waals surface area contributed by atoms with Gasteiger partial charge in [-0.3, -0.25) is 14.5 Å². The quantitative estimate of drug-likeness (QED) is 0.721. The Morgan fingerprint density at radius 1 is 1.10 bits per heavy atom. The molecule has 1 aliphatic heterocycles. The average molecular weight is 426 g/mol. The summed E-state index contributed by atoms with van der Waals surface area (Å²) in [6, 6.07) is 13.6. The van der Waals surface area contributed by atoms with Crippen molar-refractivity contribution in [3.63, 3.8) is 0 Å². The Morgan fingerprint density at radius 3 is 2.40 bits per heavy atom. The summed E-state index contributed by atoms with van der Waals surface area (Å²) in [5, 5.41) is 2.97. The third-order valence-electron chi connectivity index (χ3n) is 4.68. The van der Waals surface area contributed by atoms with Crippen molar-refractivity contribution in [1.82, 2.24) is 4.90 Å². The van der Waals surface area contributed by atoms with Gasteiger partial charge in [-0.25, -0.2) is 4.99 Å². The molecule has 1 aliphatic rings. The number of rotatable bonds is 7. The lowest BCUT2D eigenvalue weighted by atomic mass is 10.1. The molecule has 0 unspecified atom stereocenters. The zero-order valence-electron chi connectivity index (χ0n) is 17.8. The Labute approximate surface area is 181 Å². The van der Waals surface area contributed by atoms with E-state index in [-0.39, 0.29) is 18.2 Å². The summed E-state index contributed by atoms with van der Waals surface area (Å²) in [7, 11) is 1.60. The fraction of sp³-hybridized carbons (Fsp3) is 0.348. The highest BCUT2D eigenvalue weighted by molar-refractivity contribution is 8.15. The first kappa shape index (κ1) is 22.1. The molecular formula is C23H27N3O3S. The molecule has 1 heterocycles. The maximum atomic E-state index is 13.0. The Balaban J connectivity index is 1.75. The smallest absolute Gasteiger partial charge is 0.242 e. The molecule has 0 spiro atoms. The summed E-state index contributed by atoms with van der Waals surface area (Å²) in [6.45, 7) is 6.84. The zero-order valence-corrected chi connectivity index (χ0v) is 18.6. The molecule has 2 aromatic carbocycles. The van der Waals surface area contributed by atoms with Crippen LogP contribution in [0.3, 0.4) is 0 Å². The summed E-state index contributed by atoms with van der Waals surface area (Å²) < 4.78 is 5.16. The SMILES string of the molecule is COCCN1C(=O)[C@H](CC(=O)Nc2ccc(C)cc2)SC1=Nc1cc(C)cc(C)c1. The maximum Gasteiger partial charge on any atom is 0.242 e. The van der Waals surface area contributed by atoms with Gasteiger partial charge in [-0.05, 0) is 56.2 Å². The van der Waals surface area contributed by atoms with Gasteiger partial charge in [0, 0.05) is 19.2 Å². The highest BCUT2D eigenvalue weighted by atomic mass is 32.2. The number of anilines is 1. The van der Waals surface area contributed by atoms with Crippen LogP contribution in [-0.2, 0) is 14.3 Å². The average Bonchev–Trinajstić information content (AvgIpc) is 2.95. The van der Waals surface area contributed by atoms with Crippen LogP contribution in [0.2, 0.25) is 0 Å². The van der Waals surface area contributed by atoms with Crippen molar-refractivity contribution in [1.29, 1.82) is 0 Å². The Hall–Kier alpha value is -2.64. The molecule has 1 saturated heterocycles. The second kappa shape index (κ2) is 9.91. The van der Waals surface area contributed by atoms with Gasteiger partial charge in [-0.2, -0.15) is 0 Å². The third-order valence-corrected chi connectivity index (χ3v) is 5.85. The van der Waals surface area contributed by atoms with Crippen LogP contribution in [0.4, 0.5) is 11.4 Å². The fourth-order valence-electron chi connectivity index (χ4n) is 3.26. The second-order valence-corrected chi connectivity index (χ2v) is 8.62. The largest absolute Gasteiger partial charge is 0.383 e. The monoisotopic (exact) mass is 425 g/mol. The van der Waals surface area contributed by atoms with Gasteiger partial charge >= 0.3 is 0 Å². The van der Waals surface area contributed by atoms with E-state index < -0.39 is 5.25 Å². The molecule has 2 amide bonds. The number of thioether (sulfide) groups is 1. The van der Waals surface area contributed by atoms with Crippen LogP contribution in [0.5, 0.6) is 0 Å². The molecular weight excluding hydrogens is 398 g/mol. The minimum Gasteiger partial charge on any atom is -0.383 e. The lowest BCUT2D eigenvalue weighted by Gasteiger charge is -2.16. The molecule has 1 N–H and O–H groups in total. The van der Waals surface area contributed by atoms with Crippen molar-refractivity contribution >= 4 is 40.1 Å². The lowest BCUT2D eigenvalue weighted by molar-refractivity contribution is -0.128. The summed E-state index contributed by atoms with van der Waals surface area (Å²) in [4.78, 5) is 31.8. The van der Waals surface area contributed by atoms with E-state index in [2.05, 4.69) is 11.4 Å². The maximum absolute atomic E-state index is 13.0. The standard InChI is InChI=1S/C23H27N3O3S/c1-15-5-7-18(8-6-15)24-21(27)14-20-22(28)26(9-10-29-4)23(30-20)25-19-12-16(2)11-17(3)13-19/h5-8,11-13,20H,9-10,14H2,1-4H3,(H,24,27)/t20-/m0/s1. The second-order valence-electron chi connectivity index (χ2n) is 7.45. The van der Waals surface area contributed by atoms with Crippen LogP contribution < -0.4 is 5.32 Å². The van der Waals surface area contributed by atoms with Crippen molar-refractivity contribution in [3.8, 4) is 0 Å². The molecule has 7 heteroatoms. The van der Waals surface area contributed by atoms with Gasteiger partial charge in [-0.1, -0.05) is 35.5 Å². The first-order valence-electron chi connectivity index (χ1n) is 9.86. The van der Waals surface area contributed by atoms with E-state index in [4.69, 9.17) is 9.73 Å². The number of amides is 2. The van der Waals surface area contributed by atoms with Gasteiger partial charge in [0.15, 0.2) is 5.17 Å². The van der Waals surface area contributed by atoms with E-state index in [9.17, 15) is 9.59 Å². The zero-order chi connectivity index (χ0) is 21.7. The summed E-state index contributed by atoms with van der Waals surface area (Å²) in [5.74, 6) is -0.303. The van der Waals surface area contributed by atoms with E-state index in [0.29, 0.717) is 18.3 Å². The van der Waals surface area contributed by atoms with E-state index in [1.54, 1.807) is 12.0 Å². The normalized spacial score (nSPS) is 17.6. The van der Waals surface area contributed by atoms with Crippen LogP contribution in [-0.4, -0.2) is 47.4 Å². The molecule has 0 bridgehead atoms. The number of aryl methyl sites for hydroxylation is 3. The topological polar surface area (TPSA) is 71.0 Å². The molecule has 3 rings (SSSR count). The third kappa shape index (κ3) is 5.70. The summed E-state index contributed by atoms with van der Waals surface area (Å²) in [6.07, 6.45) is 0.0900. The minimum absolute atomic E-state index is 0.0900. The van der Waals surface area contributed by atoms with E-state index in [0.717, 1.165) is 28.1 Å². The first-order valence-corrected chi connectivity index (χ1v) is 10.7. The van der Waals surface area contributed by atoms with Crippen LogP contribution in [0.25, 0.3) is 0 Å². The molecule has 0 aromatic heterocycles. The highest BCUT2D eigenvalue weighted by Gasteiger charge is 2.39. The molecule has 0 aliphatic carbocycles. The fourth-order valence-corrected chi connectivity index (χ4v) is 4.44. The number of hydrogen-bond donors (Lipinski definition) is 1. The first-order chi connectivity index (χ1) is 14.4. The number of benzene rings is 2. The van der Waals surface area contributed by atoms with Crippen molar-refractivity contribution in [2.24, 2.45) is 4.99 Å².